The number of nitrogens with zero attached hydrogens (tertiary/aromatic N) is 1. The van der Waals surface area contributed by atoms with Gasteiger partial charge in [-0.2, -0.15) is 12.8 Å². The molecule has 0 saturated carbocycles. The number of rotatable bonds is 6. The number of nitrogens with one attached hydrogen (secondary N) is 1. The summed E-state index contributed by atoms with van der Waals surface area (Å²) in [5.41, 5.74) is 2.60. The first-order chi connectivity index (χ1) is 16.2. The number of hydrogen-bond donors (Lipinski definition) is 2. The van der Waals surface area contributed by atoms with Crippen LogP contribution in [0.1, 0.15) is 51.6 Å². The fourth-order valence-corrected chi connectivity index (χ4v) is 4.55. The summed E-state index contributed by atoms with van der Waals surface area (Å²) in [4.78, 5) is 24.2. The van der Waals surface area contributed by atoms with Crippen LogP contribution < -0.4 is 5.32 Å². The normalized spacial score (nSPS) is 14.6. The Bertz CT molecular complexity index is 1440. The molecular weight excluding hydrogens is 452 g/mol. The van der Waals surface area contributed by atoms with E-state index in [9.17, 15) is 18.0 Å². The van der Waals surface area contributed by atoms with Crippen molar-refractivity contribution in [3.63, 3.8) is 0 Å². The molecular formula is C26H22N2O5S. The number of allylic oxidation sites excluding steroid dienone is 2. The molecule has 0 aromatic heterocycles. The van der Waals surface area contributed by atoms with E-state index in [-0.39, 0.29) is 33.6 Å². The molecule has 0 bridgehead atoms. The SMILES string of the molecule is CC(C)c1ccc(S(=O)(=O)N=C2C=C(Nc3ccc(C(=O)O)cc3)C(=O)c3ccccc32)cc1. The number of carboxylic acids is 1. The van der Waals surface area contributed by atoms with Gasteiger partial charge in [0.05, 0.1) is 21.9 Å². The minimum Gasteiger partial charge on any atom is -0.478 e. The molecule has 0 radical (unpaired) electrons. The zero-order valence-corrected chi connectivity index (χ0v) is 19.3. The second kappa shape index (κ2) is 9.07. The van der Waals surface area contributed by atoms with Crippen molar-refractivity contribution in [1.82, 2.24) is 0 Å². The average molecular weight is 475 g/mol. The molecule has 0 atom stereocenters. The lowest BCUT2D eigenvalue weighted by molar-refractivity contribution is 0.0696. The van der Waals surface area contributed by atoms with Gasteiger partial charge in [0.15, 0.2) is 0 Å². The van der Waals surface area contributed by atoms with Gasteiger partial charge in [0.1, 0.15) is 0 Å². The van der Waals surface area contributed by atoms with Crippen molar-refractivity contribution in [1.29, 1.82) is 0 Å². The van der Waals surface area contributed by atoms with Crippen LogP contribution >= 0.6 is 0 Å². The molecule has 0 heterocycles. The Balaban J connectivity index is 1.74. The van der Waals surface area contributed by atoms with Crippen molar-refractivity contribution in [3.8, 4) is 0 Å². The van der Waals surface area contributed by atoms with Gasteiger partial charge in [-0.05, 0) is 54.0 Å². The third-order valence-corrected chi connectivity index (χ3v) is 6.75. The molecule has 1 aliphatic carbocycles. The molecule has 0 aliphatic heterocycles. The molecule has 7 nitrogen and oxygen atoms in total. The van der Waals surface area contributed by atoms with Crippen LogP contribution in [0, 0.1) is 0 Å². The van der Waals surface area contributed by atoms with Crippen molar-refractivity contribution >= 4 is 33.2 Å². The first-order valence-corrected chi connectivity index (χ1v) is 12.0. The number of sulfonamides is 1. The molecule has 0 amide bonds. The monoisotopic (exact) mass is 474 g/mol. The minimum atomic E-state index is -4.03. The second-order valence-electron chi connectivity index (χ2n) is 8.12. The first kappa shape index (κ1) is 23.1. The number of ketones is 1. The lowest BCUT2D eigenvalue weighted by atomic mass is 9.92. The molecule has 8 heteroatoms. The van der Waals surface area contributed by atoms with Crippen molar-refractivity contribution in [3.05, 3.63) is 107 Å². The Kier molecular flexibility index (Phi) is 6.17. The summed E-state index contributed by atoms with van der Waals surface area (Å²) in [7, 11) is -4.03. The van der Waals surface area contributed by atoms with Crippen LogP contribution in [-0.4, -0.2) is 31.0 Å². The Morgan fingerprint density at radius 1 is 0.912 bits per heavy atom. The maximum atomic E-state index is 13.1. The van der Waals surface area contributed by atoms with E-state index >= 15 is 0 Å². The Hall–Kier alpha value is -4.04. The van der Waals surface area contributed by atoms with Crippen LogP contribution in [0.15, 0.2) is 93.9 Å². The molecule has 0 unspecified atom stereocenters. The van der Waals surface area contributed by atoms with E-state index in [1.165, 1.54) is 42.5 Å². The van der Waals surface area contributed by atoms with Gasteiger partial charge < -0.3 is 10.4 Å². The van der Waals surface area contributed by atoms with Gasteiger partial charge in [0.2, 0.25) is 5.78 Å². The van der Waals surface area contributed by atoms with Crippen LogP contribution in [0.4, 0.5) is 5.69 Å². The number of carbonyl (C=O) groups is 2. The molecule has 3 aromatic rings. The molecule has 0 fully saturated rings. The average Bonchev–Trinajstić information content (AvgIpc) is 2.82. The number of hydrogen-bond acceptors (Lipinski definition) is 5. The summed E-state index contributed by atoms with van der Waals surface area (Å²) in [6.07, 6.45) is 1.40. The first-order valence-electron chi connectivity index (χ1n) is 10.6. The van der Waals surface area contributed by atoms with E-state index < -0.39 is 16.0 Å². The highest BCUT2D eigenvalue weighted by atomic mass is 32.2. The molecule has 2 N–H and O–H groups in total. The Morgan fingerprint density at radius 3 is 2.12 bits per heavy atom. The van der Waals surface area contributed by atoms with Gasteiger partial charge in [-0.15, -0.1) is 0 Å². The zero-order chi connectivity index (χ0) is 24.5. The van der Waals surface area contributed by atoms with Crippen molar-refractivity contribution in [2.75, 3.05) is 5.32 Å². The molecule has 0 spiro atoms. The predicted molar refractivity (Wildman–Crippen MR) is 130 cm³/mol. The van der Waals surface area contributed by atoms with Crippen molar-refractivity contribution in [2.45, 2.75) is 24.7 Å². The van der Waals surface area contributed by atoms with Gasteiger partial charge in [-0.25, -0.2) is 4.79 Å². The highest BCUT2D eigenvalue weighted by Crippen LogP contribution is 2.26. The standard InChI is InChI=1S/C26H22N2O5S/c1-16(2)17-9-13-20(14-10-17)34(32,33)28-23-15-24(25(29)22-6-4-3-5-21(22)23)27-19-11-7-18(8-12-19)26(30)31/h3-16,27H,1-2H3,(H,30,31). The lowest BCUT2D eigenvalue weighted by Crippen LogP contribution is -2.22. The summed E-state index contributed by atoms with van der Waals surface area (Å²) in [6.45, 7) is 4.04. The van der Waals surface area contributed by atoms with Crippen LogP contribution in [-0.2, 0) is 10.0 Å². The van der Waals surface area contributed by atoms with E-state index in [0.29, 0.717) is 16.8 Å². The van der Waals surface area contributed by atoms with Gasteiger partial charge in [-0.3, -0.25) is 4.79 Å². The minimum absolute atomic E-state index is 0.0611. The second-order valence-corrected chi connectivity index (χ2v) is 9.72. The van der Waals surface area contributed by atoms with Crippen LogP contribution in [0.2, 0.25) is 0 Å². The van der Waals surface area contributed by atoms with E-state index in [1.54, 1.807) is 36.4 Å². The number of carbonyl (C=O) groups excluding carboxylic acids is 1. The number of fused-ring (bicyclic) bond motifs is 1. The smallest absolute Gasteiger partial charge is 0.335 e. The number of carboxylic acid groups (broad SMARTS) is 1. The molecule has 3 aromatic carbocycles. The number of benzene rings is 3. The van der Waals surface area contributed by atoms with E-state index in [2.05, 4.69) is 9.71 Å². The third-order valence-electron chi connectivity index (χ3n) is 5.45. The summed E-state index contributed by atoms with van der Waals surface area (Å²) in [5, 5.41) is 12.0. The molecule has 4 rings (SSSR count). The number of aromatic carboxylic acids is 1. The largest absolute Gasteiger partial charge is 0.478 e. The van der Waals surface area contributed by atoms with Crippen molar-refractivity contribution in [2.24, 2.45) is 4.40 Å². The molecule has 34 heavy (non-hydrogen) atoms. The molecule has 1 aliphatic rings. The zero-order valence-electron chi connectivity index (χ0n) is 18.5. The van der Waals surface area contributed by atoms with Crippen LogP contribution in [0.25, 0.3) is 0 Å². The summed E-state index contributed by atoms with van der Waals surface area (Å²) in [6, 6.07) is 19.1. The Morgan fingerprint density at radius 2 is 1.53 bits per heavy atom. The fraction of sp³-hybridized carbons (Fsp3) is 0.115. The third kappa shape index (κ3) is 4.67. The van der Waals surface area contributed by atoms with E-state index in [4.69, 9.17) is 5.11 Å². The fourth-order valence-electron chi connectivity index (χ4n) is 3.56. The quantitative estimate of drug-likeness (QED) is 0.527. The number of Topliss-reactive ketones (excluding diaryl/α,β-unsaturated/α-hetero) is 1. The van der Waals surface area contributed by atoms with Crippen molar-refractivity contribution < 1.29 is 23.1 Å². The summed E-state index contributed by atoms with van der Waals surface area (Å²) in [5.74, 6) is -1.12. The maximum Gasteiger partial charge on any atom is 0.335 e. The van der Waals surface area contributed by atoms with Gasteiger partial charge in [-0.1, -0.05) is 50.2 Å². The van der Waals surface area contributed by atoms with Gasteiger partial charge >= 0.3 is 5.97 Å². The highest BCUT2D eigenvalue weighted by Gasteiger charge is 2.26. The summed E-state index contributed by atoms with van der Waals surface area (Å²) >= 11 is 0. The van der Waals surface area contributed by atoms with Crippen LogP contribution in [0.5, 0.6) is 0 Å². The molecule has 172 valence electrons. The lowest BCUT2D eigenvalue weighted by Gasteiger charge is -2.19. The summed E-state index contributed by atoms with van der Waals surface area (Å²) < 4.78 is 30.2. The predicted octanol–water partition coefficient (Wildman–Crippen LogP) is 4.88. The van der Waals surface area contributed by atoms with E-state index in [0.717, 1.165) is 5.56 Å². The van der Waals surface area contributed by atoms with E-state index in [1.807, 2.05) is 13.8 Å². The van der Waals surface area contributed by atoms with Gasteiger partial charge in [0.25, 0.3) is 10.0 Å². The Labute approximate surface area is 197 Å². The molecule has 0 saturated heterocycles. The highest BCUT2D eigenvalue weighted by molar-refractivity contribution is 7.90. The van der Waals surface area contributed by atoms with Crippen LogP contribution in [0.3, 0.4) is 0 Å². The maximum absolute atomic E-state index is 13.1. The number of anilines is 1. The topological polar surface area (TPSA) is 113 Å². The van der Waals surface area contributed by atoms with Gasteiger partial charge in [0, 0.05) is 16.8 Å².